The summed E-state index contributed by atoms with van der Waals surface area (Å²) in [7, 11) is 0.717. The molecule has 0 aromatic carbocycles. The number of imide groups is 1. The second kappa shape index (κ2) is 8.88. The van der Waals surface area contributed by atoms with Gasteiger partial charge in [-0.15, -0.1) is 0 Å². The molecule has 0 bridgehead atoms. The molecule has 9 heteroatoms. The largest absolute Gasteiger partial charge is 0.384 e. The summed E-state index contributed by atoms with van der Waals surface area (Å²) in [6, 6.07) is -0.843. The maximum Gasteiger partial charge on any atom is 0.340 e. The minimum Gasteiger partial charge on any atom is -0.384 e. The molecule has 0 fully saturated rings. The van der Waals surface area contributed by atoms with Crippen molar-refractivity contribution in [1.29, 1.82) is 0 Å². The van der Waals surface area contributed by atoms with Gasteiger partial charge >= 0.3 is 6.03 Å². The summed E-state index contributed by atoms with van der Waals surface area (Å²) < 4.78 is 28.7. The van der Waals surface area contributed by atoms with Gasteiger partial charge < -0.3 is 10.1 Å². The highest BCUT2D eigenvalue weighted by atomic mass is 32.2. The van der Waals surface area contributed by atoms with Gasteiger partial charge in [-0.1, -0.05) is 0 Å². The van der Waals surface area contributed by atoms with Gasteiger partial charge in [0.1, 0.15) is 0 Å². The summed E-state index contributed by atoms with van der Waals surface area (Å²) in [6.45, 7) is 0.774. The standard InChI is InChI=1S/C11H23N3O5S/c1-12-7-5-8-14(20(4,17)18)11(16)13(2)10(15)6-9-19-3/h12H,5-9H2,1-4H3. The predicted octanol–water partition coefficient (Wildman–Crippen LogP) is -0.528. The van der Waals surface area contributed by atoms with Crippen LogP contribution < -0.4 is 5.32 Å². The Morgan fingerprint density at radius 1 is 1.30 bits per heavy atom. The highest BCUT2D eigenvalue weighted by Crippen LogP contribution is 2.06. The van der Waals surface area contributed by atoms with Gasteiger partial charge in [-0.25, -0.2) is 17.5 Å². The van der Waals surface area contributed by atoms with Crippen molar-refractivity contribution in [1.82, 2.24) is 14.5 Å². The number of carbonyl (C=O) groups excluding carboxylic acids is 2. The van der Waals surface area contributed by atoms with Crippen LogP contribution >= 0.6 is 0 Å². The van der Waals surface area contributed by atoms with E-state index in [9.17, 15) is 18.0 Å². The number of urea groups is 1. The summed E-state index contributed by atoms with van der Waals surface area (Å²) in [5.41, 5.74) is 0. The van der Waals surface area contributed by atoms with E-state index in [0.717, 1.165) is 11.2 Å². The van der Waals surface area contributed by atoms with E-state index >= 15 is 0 Å². The molecule has 0 aliphatic rings. The molecule has 8 nitrogen and oxygen atoms in total. The third-order valence-corrected chi connectivity index (χ3v) is 3.72. The summed E-state index contributed by atoms with van der Waals surface area (Å²) in [5, 5.41) is 2.86. The minimum atomic E-state index is -3.71. The van der Waals surface area contributed by atoms with Crippen molar-refractivity contribution < 1.29 is 22.7 Å². The van der Waals surface area contributed by atoms with Crippen molar-refractivity contribution in [2.45, 2.75) is 12.8 Å². The Morgan fingerprint density at radius 3 is 2.35 bits per heavy atom. The second-order valence-corrected chi connectivity index (χ2v) is 6.18. The third-order valence-electron chi connectivity index (χ3n) is 2.58. The van der Waals surface area contributed by atoms with Crippen LogP contribution in [0.5, 0.6) is 0 Å². The Kier molecular flexibility index (Phi) is 8.35. The number of nitrogens with one attached hydrogen (secondary N) is 1. The topological polar surface area (TPSA) is 96.0 Å². The number of hydrogen-bond acceptors (Lipinski definition) is 6. The lowest BCUT2D eigenvalue weighted by atomic mass is 10.4. The molecule has 0 heterocycles. The number of nitrogens with zero attached hydrogens (tertiary/aromatic N) is 2. The van der Waals surface area contributed by atoms with E-state index in [1.54, 1.807) is 7.05 Å². The lowest BCUT2D eigenvalue weighted by Gasteiger charge is -2.25. The first-order valence-electron chi connectivity index (χ1n) is 6.17. The molecule has 0 aromatic rings. The van der Waals surface area contributed by atoms with Crippen LogP contribution in [-0.4, -0.2) is 76.7 Å². The van der Waals surface area contributed by atoms with Gasteiger partial charge in [0, 0.05) is 20.7 Å². The van der Waals surface area contributed by atoms with Gasteiger partial charge in [-0.2, -0.15) is 0 Å². The first-order chi connectivity index (χ1) is 9.25. The molecule has 1 N–H and O–H groups in total. The van der Waals surface area contributed by atoms with Crippen LogP contribution in [0.2, 0.25) is 0 Å². The molecule has 0 atom stereocenters. The fourth-order valence-corrected chi connectivity index (χ4v) is 2.30. The SMILES string of the molecule is CNCCCN(C(=O)N(C)C(=O)CCOC)S(C)(=O)=O. The molecule has 0 saturated heterocycles. The van der Waals surface area contributed by atoms with Gasteiger partial charge in [-0.05, 0) is 20.0 Å². The summed E-state index contributed by atoms with van der Waals surface area (Å²) in [4.78, 5) is 24.6. The summed E-state index contributed by atoms with van der Waals surface area (Å²) in [6.07, 6.45) is 1.43. The molecule has 0 unspecified atom stereocenters. The van der Waals surface area contributed by atoms with E-state index in [-0.39, 0.29) is 19.6 Å². The van der Waals surface area contributed by atoms with Gasteiger partial charge in [0.2, 0.25) is 15.9 Å². The van der Waals surface area contributed by atoms with Crippen molar-refractivity contribution in [3.63, 3.8) is 0 Å². The normalized spacial score (nSPS) is 11.2. The van der Waals surface area contributed by atoms with Crippen LogP contribution in [-0.2, 0) is 19.6 Å². The molecule has 0 radical (unpaired) electrons. The molecule has 0 aliphatic carbocycles. The van der Waals surface area contributed by atoms with Gasteiger partial charge in [0.15, 0.2) is 0 Å². The number of carbonyl (C=O) groups is 2. The fourth-order valence-electron chi connectivity index (χ4n) is 1.43. The number of methoxy groups -OCH3 is 1. The molecule has 0 saturated carbocycles. The van der Waals surface area contributed by atoms with Crippen LogP contribution in [0.15, 0.2) is 0 Å². The first-order valence-corrected chi connectivity index (χ1v) is 8.02. The van der Waals surface area contributed by atoms with E-state index in [1.165, 1.54) is 14.2 Å². The smallest absolute Gasteiger partial charge is 0.340 e. The van der Waals surface area contributed by atoms with Crippen molar-refractivity contribution in [2.24, 2.45) is 0 Å². The van der Waals surface area contributed by atoms with Crippen LogP contribution in [0.25, 0.3) is 0 Å². The van der Waals surface area contributed by atoms with E-state index in [2.05, 4.69) is 5.32 Å². The maximum absolute atomic E-state index is 12.1. The van der Waals surface area contributed by atoms with Crippen LogP contribution in [0, 0.1) is 0 Å². The Labute approximate surface area is 120 Å². The number of sulfonamides is 1. The highest BCUT2D eigenvalue weighted by molar-refractivity contribution is 7.88. The zero-order chi connectivity index (χ0) is 15.8. The van der Waals surface area contributed by atoms with Gasteiger partial charge in [0.25, 0.3) is 0 Å². The molecular formula is C11H23N3O5S. The molecule has 3 amide bonds. The lowest BCUT2D eigenvalue weighted by molar-refractivity contribution is -0.128. The molecular weight excluding hydrogens is 286 g/mol. The third kappa shape index (κ3) is 6.31. The quantitative estimate of drug-likeness (QED) is 0.606. The van der Waals surface area contributed by atoms with Crippen molar-refractivity contribution in [3.05, 3.63) is 0 Å². The van der Waals surface area contributed by atoms with E-state index in [4.69, 9.17) is 4.74 Å². The number of hydrogen-bond donors (Lipinski definition) is 1. The Bertz CT molecular complexity index is 424. The fraction of sp³-hybridized carbons (Fsp3) is 0.818. The molecule has 0 aromatic heterocycles. The lowest BCUT2D eigenvalue weighted by Crippen LogP contribution is -2.47. The summed E-state index contributed by atoms with van der Waals surface area (Å²) in [5.74, 6) is -0.487. The maximum atomic E-state index is 12.1. The van der Waals surface area contributed by atoms with Crippen molar-refractivity contribution >= 4 is 22.0 Å². The number of ether oxygens (including phenoxy) is 1. The van der Waals surface area contributed by atoms with Crippen LogP contribution in [0.4, 0.5) is 4.79 Å². The number of rotatable bonds is 8. The van der Waals surface area contributed by atoms with E-state index in [1.807, 2.05) is 0 Å². The Morgan fingerprint density at radius 2 is 1.90 bits per heavy atom. The molecule has 0 rings (SSSR count). The monoisotopic (exact) mass is 309 g/mol. The molecule has 118 valence electrons. The van der Waals surface area contributed by atoms with E-state index in [0.29, 0.717) is 17.3 Å². The number of amides is 3. The summed E-state index contributed by atoms with van der Waals surface area (Å²) >= 11 is 0. The molecule has 0 spiro atoms. The van der Waals surface area contributed by atoms with Crippen molar-refractivity contribution in [3.8, 4) is 0 Å². The molecule has 0 aliphatic heterocycles. The van der Waals surface area contributed by atoms with Crippen molar-refractivity contribution in [2.75, 3.05) is 47.2 Å². The Hall–Kier alpha value is -1.19. The van der Waals surface area contributed by atoms with Crippen LogP contribution in [0.1, 0.15) is 12.8 Å². The highest BCUT2D eigenvalue weighted by Gasteiger charge is 2.28. The van der Waals surface area contributed by atoms with E-state index < -0.39 is 22.0 Å². The zero-order valence-electron chi connectivity index (χ0n) is 12.4. The average Bonchev–Trinajstić information content (AvgIpc) is 2.38. The first kappa shape index (κ1) is 18.8. The van der Waals surface area contributed by atoms with Crippen LogP contribution in [0.3, 0.4) is 0 Å². The minimum absolute atomic E-state index is 0.0207. The molecule has 20 heavy (non-hydrogen) atoms. The zero-order valence-corrected chi connectivity index (χ0v) is 13.2. The van der Waals surface area contributed by atoms with Gasteiger partial charge in [-0.3, -0.25) is 9.69 Å². The predicted molar refractivity (Wildman–Crippen MR) is 74.8 cm³/mol. The average molecular weight is 309 g/mol. The van der Waals surface area contributed by atoms with Gasteiger partial charge in [0.05, 0.1) is 19.3 Å². The Balaban J connectivity index is 4.81. The second-order valence-electron chi connectivity index (χ2n) is 4.27.